The lowest BCUT2D eigenvalue weighted by Crippen LogP contribution is -2.44. The lowest BCUT2D eigenvalue weighted by molar-refractivity contribution is 0.161. The van der Waals surface area contributed by atoms with Crippen LogP contribution in [0.2, 0.25) is 0 Å². The highest BCUT2D eigenvalue weighted by molar-refractivity contribution is 5.74. The lowest BCUT2D eigenvalue weighted by atomic mass is 9.99. The van der Waals surface area contributed by atoms with Crippen LogP contribution < -0.4 is 5.32 Å². The zero-order valence-corrected chi connectivity index (χ0v) is 14.6. The number of carbonyl (C=O) groups is 1. The van der Waals surface area contributed by atoms with Crippen LogP contribution in [0.25, 0.3) is 0 Å². The minimum atomic E-state index is 0.145. The van der Waals surface area contributed by atoms with Crippen molar-refractivity contribution in [2.24, 2.45) is 11.8 Å². The van der Waals surface area contributed by atoms with Crippen LogP contribution >= 0.6 is 0 Å². The molecule has 0 radical (unpaired) electrons. The Morgan fingerprint density at radius 1 is 1.22 bits per heavy atom. The van der Waals surface area contributed by atoms with Crippen LogP contribution in [0.4, 0.5) is 4.79 Å². The van der Waals surface area contributed by atoms with Crippen molar-refractivity contribution in [3.05, 3.63) is 0 Å². The predicted molar refractivity (Wildman–Crippen MR) is 91.5 cm³/mol. The first-order chi connectivity index (χ1) is 11.2. The molecule has 1 saturated carbocycles. The van der Waals surface area contributed by atoms with E-state index in [0.717, 1.165) is 51.6 Å². The molecule has 3 aliphatic rings. The number of hydrogen-bond donors (Lipinski definition) is 1. The van der Waals surface area contributed by atoms with Gasteiger partial charge in [-0.05, 0) is 64.1 Å². The van der Waals surface area contributed by atoms with E-state index in [2.05, 4.69) is 22.0 Å². The fourth-order valence-corrected chi connectivity index (χ4v) is 3.67. The molecule has 0 spiro atoms. The second-order valence-electron chi connectivity index (χ2n) is 7.72. The van der Waals surface area contributed by atoms with Crippen LogP contribution in [0.3, 0.4) is 0 Å². The molecular weight excluding hydrogens is 290 g/mol. The van der Waals surface area contributed by atoms with Crippen molar-refractivity contribution in [3.63, 3.8) is 0 Å². The summed E-state index contributed by atoms with van der Waals surface area (Å²) in [5.41, 5.74) is 0. The van der Waals surface area contributed by atoms with Crippen molar-refractivity contribution in [2.75, 3.05) is 45.9 Å². The molecule has 1 atom stereocenters. The maximum atomic E-state index is 12.5. The van der Waals surface area contributed by atoms with Gasteiger partial charge in [-0.2, -0.15) is 0 Å². The quantitative estimate of drug-likeness (QED) is 0.731. The van der Waals surface area contributed by atoms with Gasteiger partial charge in [0.25, 0.3) is 0 Å². The molecule has 3 rings (SSSR count). The van der Waals surface area contributed by atoms with Gasteiger partial charge in [-0.25, -0.2) is 4.79 Å². The second kappa shape index (κ2) is 8.34. The molecule has 2 heterocycles. The number of amides is 2. The topological polar surface area (TPSA) is 44.8 Å². The van der Waals surface area contributed by atoms with Crippen LogP contribution in [0.5, 0.6) is 0 Å². The molecule has 2 aliphatic heterocycles. The van der Waals surface area contributed by atoms with E-state index in [4.69, 9.17) is 4.74 Å². The van der Waals surface area contributed by atoms with Crippen LogP contribution in [-0.4, -0.2) is 67.8 Å². The smallest absolute Gasteiger partial charge is 0.317 e. The van der Waals surface area contributed by atoms with Gasteiger partial charge < -0.3 is 19.9 Å². The SMILES string of the molecule is CC1CCN(CCCNC(=O)N(CC2CCOC2)C2CC2)CC1. The number of rotatable bonds is 7. The zero-order valence-electron chi connectivity index (χ0n) is 14.6. The van der Waals surface area contributed by atoms with E-state index in [1.807, 2.05) is 0 Å². The standard InChI is InChI=1S/C18H33N3O2/c1-15-5-10-20(11-6-15)9-2-8-19-18(22)21(17-3-4-17)13-16-7-12-23-14-16/h15-17H,2-14H2,1H3,(H,19,22). The van der Waals surface area contributed by atoms with E-state index in [0.29, 0.717) is 12.0 Å². The maximum absolute atomic E-state index is 12.5. The largest absolute Gasteiger partial charge is 0.381 e. The fraction of sp³-hybridized carbons (Fsp3) is 0.944. The van der Waals surface area contributed by atoms with E-state index in [9.17, 15) is 4.79 Å². The van der Waals surface area contributed by atoms with Gasteiger partial charge in [-0.3, -0.25) is 0 Å². The Hall–Kier alpha value is -0.810. The summed E-state index contributed by atoms with van der Waals surface area (Å²) in [4.78, 5) is 17.1. The van der Waals surface area contributed by atoms with Crippen LogP contribution in [0.15, 0.2) is 0 Å². The first-order valence-corrected chi connectivity index (χ1v) is 9.57. The number of nitrogens with zero attached hydrogens (tertiary/aromatic N) is 2. The highest BCUT2D eigenvalue weighted by atomic mass is 16.5. The van der Waals surface area contributed by atoms with Gasteiger partial charge in [0.05, 0.1) is 6.61 Å². The number of ether oxygens (including phenoxy) is 1. The van der Waals surface area contributed by atoms with Gasteiger partial charge in [-0.1, -0.05) is 6.92 Å². The molecule has 1 aliphatic carbocycles. The minimum Gasteiger partial charge on any atom is -0.381 e. The van der Waals surface area contributed by atoms with E-state index in [1.165, 1.54) is 38.8 Å². The number of likely N-dealkylation sites (tertiary alicyclic amines) is 1. The van der Waals surface area contributed by atoms with E-state index < -0.39 is 0 Å². The van der Waals surface area contributed by atoms with Gasteiger partial charge >= 0.3 is 6.03 Å². The summed E-state index contributed by atoms with van der Waals surface area (Å²) in [7, 11) is 0. The molecule has 5 heteroatoms. The maximum Gasteiger partial charge on any atom is 0.317 e. The third-order valence-corrected chi connectivity index (χ3v) is 5.53. The predicted octanol–water partition coefficient (Wildman–Crippen LogP) is 2.32. The van der Waals surface area contributed by atoms with Gasteiger partial charge in [0.15, 0.2) is 0 Å². The minimum absolute atomic E-state index is 0.145. The summed E-state index contributed by atoms with van der Waals surface area (Å²) in [6.07, 6.45) is 7.16. The summed E-state index contributed by atoms with van der Waals surface area (Å²) < 4.78 is 5.45. The van der Waals surface area contributed by atoms with Gasteiger partial charge in [0, 0.05) is 31.7 Å². The van der Waals surface area contributed by atoms with Crippen molar-refractivity contribution in [2.45, 2.75) is 51.5 Å². The fourth-order valence-electron chi connectivity index (χ4n) is 3.67. The summed E-state index contributed by atoms with van der Waals surface area (Å²) in [6.45, 7) is 9.28. The van der Waals surface area contributed by atoms with Crippen molar-refractivity contribution in [3.8, 4) is 0 Å². The molecule has 1 N–H and O–H groups in total. The van der Waals surface area contributed by atoms with Gasteiger partial charge in [0.1, 0.15) is 0 Å². The molecule has 2 saturated heterocycles. The zero-order chi connectivity index (χ0) is 16.1. The normalized spacial score (nSPS) is 26.4. The van der Waals surface area contributed by atoms with E-state index >= 15 is 0 Å². The average molecular weight is 323 g/mol. The summed E-state index contributed by atoms with van der Waals surface area (Å²) in [6, 6.07) is 0.630. The molecule has 3 fully saturated rings. The van der Waals surface area contributed by atoms with Crippen LogP contribution in [0.1, 0.15) is 45.4 Å². The van der Waals surface area contributed by atoms with Gasteiger partial charge in [0.2, 0.25) is 0 Å². The van der Waals surface area contributed by atoms with Gasteiger partial charge in [-0.15, -0.1) is 0 Å². The average Bonchev–Trinajstić information content (AvgIpc) is 3.27. The Labute approximate surface area is 140 Å². The third-order valence-electron chi connectivity index (χ3n) is 5.53. The molecule has 0 bridgehead atoms. The van der Waals surface area contributed by atoms with Crippen molar-refractivity contribution in [1.29, 1.82) is 0 Å². The molecule has 1 unspecified atom stereocenters. The van der Waals surface area contributed by atoms with Crippen LogP contribution in [0, 0.1) is 11.8 Å². The molecule has 0 aromatic rings. The van der Waals surface area contributed by atoms with E-state index in [-0.39, 0.29) is 6.03 Å². The molecule has 2 amide bonds. The van der Waals surface area contributed by atoms with Crippen LogP contribution in [-0.2, 0) is 4.74 Å². The Bertz CT molecular complexity index is 372. The number of urea groups is 1. The molecule has 0 aromatic heterocycles. The summed E-state index contributed by atoms with van der Waals surface area (Å²) in [5, 5.41) is 3.15. The monoisotopic (exact) mass is 323 g/mol. The second-order valence-corrected chi connectivity index (χ2v) is 7.72. The first-order valence-electron chi connectivity index (χ1n) is 9.57. The highest BCUT2D eigenvalue weighted by Crippen LogP contribution is 2.29. The highest BCUT2D eigenvalue weighted by Gasteiger charge is 2.34. The summed E-state index contributed by atoms with van der Waals surface area (Å²) >= 11 is 0. The number of piperidine rings is 1. The number of carbonyl (C=O) groups excluding carboxylic acids is 1. The Morgan fingerprint density at radius 3 is 2.65 bits per heavy atom. The molecule has 23 heavy (non-hydrogen) atoms. The first kappa shape index (κ1) is 17.0. The number of hydrogen-bond acceptors (Lipinski definition) is 3. The molecule has 0 aromatic carbocycles. The lowest BCUT2D eigenvalue weighted by Gasteiger charge is -2.30. The van der Waals surface area contributed by atoms with Crippen molar-refractivity contribution < 1.29 is 9.53 Å². The molecule has 5 nitrogen and oxygen atoms in total. The molecular formula is C18H33N3O2. The van der Waals surface area contributed by atoms with E-state index in [1.54, 1.807) is 0 Å². The van der Waals surface area contributed by atoms with Crippen molar-refractivity contribution >= 4 is 6.03 Å². The Morgan fingerprint density at radius 2 is 2.00 bits per heavy atom. The third kappa shape index (κ3) is 5.35. The molecule has 132 valence electrons. The Balaban J connectivity index is 1.32. The number of nitrogens with one attached hydrogen (secondary N) is 1. The summed E-state index contributed by atoms with van der Waals surface area (Å²) in [5.74, 6) is 1.43. The Kier molecular flexibility index (Phi) is 6.17. The van der Waals surface area contributed by atoms with Crippen molar-refractivity contribution in [1.82, 2.24) is 15.1 Å².